The number of hydrogen-bond donors (Lipinski definition) is 1. The van der Waals surface area contributed by atoms with Crippen molar-refractivity contribution in [3.05, 3.63) is 29.7 Å². The van der Waals surface area contributed by atoms with Crippen LogP contribution in [0, 0.1) is 11.3 Å². The van der Waals surface area contributed by atoms with Crippen LogP contribution in [0.4, 0.5) is 5.82 Å². The van der Waals surface area contributed by atoms with Crippen molar-refractivity contribution < 1.29 is 0 Å². The molecule has 2 rings (SSSR count). The van der Waals surface area contributed by atoms with Crippen LogP contribution in [0.25, 0.3) is 0 Å². The number of aromatic nitrogens is 5. The Labute approximate surface area is 104 Å². The van der Waals surface area contributed by atoms with E-state index in [1.165, 1.54) is 0 Å². The van der Waals surface area contributed by atoms with Crippen LogP contribution in [-0.2, 0) is 0 Å². The molecule has 0 aliphatic rings. The van der Waals surface area contributed by atoms with Gasteiger partial charge in [0.15, 0.2) is 5.82 Å². The van der Waals surface area contributed by atoms with E-state index in [-0.39, 0.29) is 5.92 Å². The van der Waals surface area contributed by atoms with E-state index >= 15 is 0 Å². The lowest BCUT2D eigenvalue weighted by Gasteiger charge is -2.20. The minimum atomic E-state index is 0.145. The molecule has 0 radical (unpaired) electrons. The molecule has 0 saturated carbocycles. The summed E-state index contributed by atoms with van der Waals surface area (Å²) >= 11 is 0. The molecule has 2 aromatic heterocycles. The van der Waals surface area contributed by atoms with Gasteiger partial charge in [-0.2, -0.15) is 10.5 Å². The van der Waals surface area contributed by atoms with Crippen LogP contribution in [0.15, 0.2) is 18.3 Å². The molecule has 0 fully saturated rings. The van der Waals surface area contributed by atoms with Crippen LogP contribution in [0.2, 0.25) is 0 Å². The van der Waals surface area contributed by atoms with Gasteiger partial charge in [-0.3, -0.25) is 0 Å². The normalized spacial score (nSPS) is 11.8. The molecule has 18 heavy (non-hydrogen) atoms. The van der Waals surface area contributed by atoms with Crippen LogP contribution in [0.3, 0.4) is 0 Å². The first kappa shape index (κ1) is 12.0. The Morgan fingerprint density at radius 3 is 2.89 bits per heavy atom. The summed E-state index contributed by atoms with van der Waals surface area (Å²) in [4.78, 5) is 6.21. The van der Waals surface area contributed by atoms with Crippen LogP contribution >= 0.6 is 0 Å². The third-order valence-electron chi connectivity index (χ3n) is 2.62. The van der Waals surface area contributed by atoms with Crippen molar-refractivity contribution in [1.29, 1.82) is 5.26 Å². The summed E-state index contributed by atoms with van der Waals surface area (Å²) in [7, 11) is 1.94. The van der Waals surface area contributed by atoms with E-state index < -0.39 is 0 Å². The molecule has 2 heterocycles. The van der Waals surface area contributed by atoms with Gasteiger partial charge in [0.2, 0.25) is 0 Å². The van der Waals surface area contributed by atoms with E-state index in [4.69, 9.17) is 5.26 Å². The van der Waals surface area contributed by atoms with E-state index in [9.17, 15) is 0 Å². The molecule has 0 saturated heterocycles. The summed E-state index contributed by atoms with van der Waals surface area (Å²) in [5, 5.41) is 22.6. The van der Waals surface area contributed by atoms with E-state index in [0.29, 0.717) is 11.4 Å². The number of rotatable bonds is 4. The molecule has 0 amide bonds. The minimum Gasteiger partial charge on any atom is -0.359 e. The van der Waals surface area contributed by atoms with E-state index in [0.717, 1.165) is 12.4 Å². The molecular weight excluding hydrogens is 230 g/mol. The van der Waals surface area contributed by atoms with Gasteiger partial charge in [0.05, 0.1) is 5.56 Å². The molecule has 1 atom stereocenters. The van der Waals surface area contributed by atoms with Gasteiger partial charge in [0.25, 0.3) is 0 Å². The Morgan fingerprint density at radius 1 is 1.50 bits per heavy atom. The van der Waals surface area contributed by atoms with Gasteiger partial charge in [-0.1, -0.05) is 12.1 Å². The van der Waals surface area contributed by atoms with Crippen molar-refractivity contribution in [2.75, 3.05) is 18.5 Å². The molecule has 7 nitrogen and oxygen atoms in total. The quantitative estimate of drug-likeness (QED) is 0.849. The molecule has 2 aromatic rings. The molecule has 0 bridgehead atoms. The fourth-order valence-electron chi connectivity index (χ4n) is 1.64. The van der Waals surface area contributed by atoms with E-state index in [1.54, 1.807) is 12.3 Å². The summed E-state index contributed by atoms with van der Waals surface area (Å²) in [5.41, 5.74) is 0.554. The van der Waals surface area contributed by atoms with Crippen LogP contribution in [0.1, 0.15) is 24.2 Å². The molecule has 0 aromatic carbocycles. The van der Waals surface area contributed by atoms with Crippen molar-refractivity contribution in [2.24, 2.45) is 0 Å². The maximum Gasteiger partial charge on any atom is 0.179 e. The molecule has 7 heteroatoms. The zero-order valence-corrected chi connectivity index (χ0v) is 10.2. The van der Waals surface area contributed by atoms with Gasteiger partial charge in [-0.25, -0.2) is 4.98 Å². The van der Waals surface area contributed by atoms with E-state index in [1.807, 2.05) is 31.0 Å². The lowest BCUT2D eigenvalue weighted by atomic mass is 10.1. The number of likely N-dealkylation sites (N-methyl/N-ethyl adjacent to an activating group) is 1. The molecule has 0 aliphatic carbocycles. The van der Waals surface area contributed by atoms with Crippen molar-refractivity contribution >= 4 is 5.82 Å². The van der Waals surface area contributed by atoms with Gasteiger partial charge in [-0.15, -0.1) is 10.2 Å². The number of anilines is 1. The maximum atomic E-state index is 8.71. The van der Waals surface area contributed by atoms with Gasteiger partial charge in [-0.05, 0) is 12.1 Å². The smallest absolute Gasteiger partial charge is 0.179 e. The van der Waals surface area contributed by atoms with Crippen LogP contribution in [-0.4, -0.2) is 39.2 Å². The first-order valence-electron chi connectivity index (χ1n) is 5.51. The topological polar surface area (TPSA) is 94.4 Å². The Bertz CT molecular complexity index is 526. The lowest BCUT2D eigenvalue weighted by molar-refractivity contribution is 0.682. The number of H-pyrrole nitrogens is 1. The fourth-order valence-corrected chi connectivity index (χ4v) is 1.64. The van der Waals surface area contributed by atoms with Crippen molar-refractivity contribution in [3.63, 3.8) is 0 Å². The second-order valence-electron chi connectivity index (χ2n) is 4.07. The van der Waals surface area contributed by atoms with Gasteiger partial charge < -0.3 is 4.90 Å². The number of nitrogens with zero attached hydrogens (tertiary/aromatic N) is 6. The Balaban J connectivity index is 2.03. The Morgan fingerprint density at radius 2 is 2.33 bits per heavy atom. The first-order chi connectivity index (χ1) is 8.70. The Hall–Kier alpha value is -2.49. The van der Waals surface area contributed by atoms with Crippen LogP contribution in [0.5, 0.6) is 0 Å². The number of tetrazole rings is 1. The third-order valence-corrected chi connectivity index (χ3v) is 2.62. The fraction of sp³-hybridized carbons (Fsp3) is 0.364. The lowest BCUT2D eigenvalue weighted by Crippen LogP contribution is -2.24. The largest absolute Gasteiger partial charge is 0.359 e. The van der Waals surface area contributed by atoms with Gasteiger partial charge in [0, 0.05) is 25.7 Å². The second kappa shape index (κ2) is 5.23. The van der Waals surface area contributed by atoms with Crippen molar-refractivity contribution in [1.82, 2.24) is 25.6 Å². The number of nitrogens with one attached hydrogen (secondary N) is 1. The summed E-state index contributed by atoms with van der Waals surface area (Å²) in [6.07, 6.45) is 1.56. The summed E-state index contributed by atoms with van der Waals surface area (Å²) in [6.45, 7) is 2.74. The van der Waals surface area contributed by atoms with Crippen molar-refractivity contribution in [2.45, 2.75) is 12.8 Å². The monoisotopic (exact) mass is 243 g/mol. The van der Waals surface area contributed by atoms with Crippen LogP contribution < -0.4 is 4.90 Å². The molecule has 0 spiro atoms. The minimum absolute atomic E-state index is 0.145. The number of hydrogen-bond acceptors (Lipinski definition) is 6. The van der Waals surface area contributed by atoms with E-state index in [2.05, 4.69) is 25.6 Å². The molecule has 0 unspecified atom stereocenters. The third kappa shape index (κ3) is 2.60. The van der Waals surface area contributed by atoms with Gasteiger partial charge in [0.1, 0.15) is 11.9 Å². The Kier molecular flexibility index (Phi) is 3.48. The number of aromatic amines is 1. The molecule has 1 N–H and O–H groups in total. The predicted molar refractivity (Wildman–Crippen MR) is 64.8 cm³/mol. The highest BCUT2D eigenvalue weighted by molar-refractivity contribution is 5.41. The molecular formula is C11H13N7. The summed E-state index contributed by atoms with van der Waals surface area (Å²) in [6, 6.07) is 5.61. The SMILES string of the molecule is C[C@H](CN(C)c1ccc(C#N)cn1)c1nn[nH]n1. The number of nitriles is 1. The summed E-state index contributed by atoms with van der Waals surface area (Å²) in [5.74, 6) is 1.63. The number of pyridine rings is 1. The highest BCUT2D eigenvalue weighted by Gasteiger charge is 2.13. The summed E-state index contributed by atoms with van der Waals surface area (Å²) < 4.78 is 0. The average Bonchev–Trinajstić information content (AvgIpc) is 2.92. The second-order valence-corrected chi connectivity index (χ2v) is 4.07. The first-order valence-corrected chi connectivity index (χ1v) is 5.51. The average molecular weight is 243 g/mol. The zero-order chi connectivity index (χ0) is 13.0. The highest BCUT2D eigenvalue weighted by Crippen LogP contribution is 2.15. The van der Waals surface area contributed by atoms with Crippen molar-refractivity contribution in [3.8, 4) is 6.07 Å². The van der Waals surface area contributed by atoms with Gasteiger partial charge >= 0.3 is 0 Å². The highest BCUT2D eigenvalue weighted by atomic mass is 15.5. The predicted octanol–water partition coefficient (Wildman–Crippen LogP) is 0.706. The molecule has 0 aliphatic heterocycles. The maximum absolute atomic E-state index is 8.71. The molecule has 92 valence electrons. The standard InChI is InChI=1S/C11H13N7/c1-8(11-14-16-17-15-11)7-18(2)10-4-3-9(5-12)6-13-10/h3-4,6,8H,7H2,1-2H3,(H,14,15,16,17)/t8-/m1/s1. The zero-order valence-electron chi connectivity index (χ0n) is 10.2.